The minimum atomic E-state index is -0.536. The number of amides is 1. The molecule has 0 saturated heterocycles. The molecule has 2 heterocycles. The number of aromatic nitrogens is 2. The third-order valence-corrected chi connectivity index (χ3v) is 7.08. The maximum Gasteiger partial charge on any atom is 0.267 e. The first kappa shape index (κ1) is 23.4. The van der Waals surface area contributed by atoms with Crippen LogP contribution >= 0.6 is 11.6 Å². The number of halogens is 1. The number of fused-ring (bicyclic) bond motifs is 2. The van der Waals surface area contributed by atoms with Crippen LogP contribution < -0.4 is 5.48 Å². The normalized spacial score (nSPS) is 15.4. The molecule has 0 spiro atoms. The number of hydrogen-bond donors (Lipinski definition) is 4. The second kappa shape index (κ2) is 10.1. The van der Waals surface area contributed by atoms with Crippen molar-refractivity contribution in [1.29, 1.82) is 0 Å². The monoisotopic (exact) mass is 488 g/mol. The molecular weight excluding hydrogens is 460 g/mol. The van der Waals surface area contributed by atoms with Gasteiger partial charge in [-0.2, -0.15) is 0 Å². The summed E-state index contributed by atoms with van der Waals surface area (Å²) in [6, 6.07) is 15.2. The van der Waals surface area contributed by atoms with Crippen LogP contribution in [0.3, 0.4) is 0 Å². The van der Waals surface area contributed by atoms with Gasteiger partial charge in [-0.1, -0.05) is 41.9 Å². The topological polar surface area (TPSA) is 84.2 Å². The molecule has 4 aromatic rings. The highest BCUT2D eigenvalue weighted by molar-refractivity contribution is 6.30. The molecule has 0 bridgehead atoms. The van der Waals surface area contributed by atoms with Crippen LogP contribution in [0.2, 0.25) is 5.02 Å². The van der Waals surface area contributed by atoms with E-state index in [1.807, 2.05) is 18.3 Å². The zero-order chi connectivity index (χ0) is 24.4. The highest BCUT2D eigenvalue weighted by Gasteiger charge is 2.28. The Hall–Kier alpha value is -3.32. The first-order valence-electron chi connectivity index (χ1n) is 11.9. The summed E-state index contributed by atoms with van der Waals surface area (Å²) in [6.45, 7) is 3.82. The SMILES string of the molecule is Cc1ccc2c(CCN(Cc3cc(Cl)c[nH]3)C3CCc4cc(C=CC(=O)NO)ccc43)c[nH]c2c1. The van der Waals surface area contributed by atoms with Crippen molar-refractivity contribution < 1.29 is 10.0 Å². The van der Waals surface area contributed by atoms with E-state index < -0.39 is 5.91 Å². The Balaban J connectivity index is 1.38. The summed E-state index contributed by atoms with van der Waals surface area (Å²) in [5.74, 6) is -0.536. The number of H-pyrrole nitrogens is 2. The van der Waals surface area contributed by atoms with E-state index in [9.17, 15) is 4.79 Å². The van der Waals surface area contributed by atoms with Crippen molar-refractivity contribution in [3.8, 4) is 0 Å². The molecule has 0 saturated carbocycles. The number of carbonyl (C=O) groups excluding carboxylic acids is 1. The minimum absolute atomic E-state index is 0.304. The van der Waals surface area contributed by atoms with E-state index in [-0.39, 0.29) is 0 Å². The number of nitrogens with one attached hydrogen (secondary N) is 3. The van der Waals surface area contributed by atoms with Gasteiger partial charge in [0.1, 0.15) is 0 Å². The molecule has 2 aromatic carbocycles. The van der Waals surface area contributed by atoms with Crippen molar-refractivity contribution in [2.75, 3.05) is 6.54 Å². The van der Waals surface area contributed by atoms with Crippen molar-refractivity contribution >= 4 is 34.5 Å². The van der Waals surface area contributed by atoms with E-state index in [0.29, 0.717) is 6.04 Å². The van der Waals surface area contributed by atoms with Crippen molar-refractivity contribution in [3.05, 3.63) is 99.5 Å². The number of hydroxylamine groups is 1. The third-order valence-electron chi connectivity index (χ3n) is 6.86. The number of nitrogens with zero attached hydrogens (tertiary/aromatic N) is 1. The van der Waals surface area contributed by atoms with Crippen LogP contribution in [0.25, 0.3) is 17.0 Å². The first-order chi connectivity index (χ1) is 17.0. The zero-order valence-electron chi connectivity index (χ0n) is 19.6. The fourth-order valence-corrected chi connectivity index (χ4v) is 5.33. The summed E-state index contributed by atoms with van der Waals surface area (Å²) in [5.41, 5.74) is 10.1. The fraction of sp³-hybridized carbons (Fsp3) is 0.250. The predicted octanol–water partition coefficient (Wildman–Crippen LogP) is 5.71. The smallest absolute Gasteiger partial charge is 0.267 e. The van der Waals surface area contributed by atoms with Crippen molar-refractivity contribution in [1.82, 2.24) is 20.3 Å². The average molecular weight is 489 g/mol. The molecule has 0 radical (unpaired) electrons. The Kier molecular flexibility index (Phi) is 6.77. The number of aromatic amines is 2. The van der Waals surface area contributed by atoms with Crippen LogP contribution in [-0.4, -0.2) is 32.5 Å². The Morgan fingerprint density at radius 3 is 2.89 bits per heavy atom. The fourth-order valence-electron chi connectivity index (χ4n) is 5.14. The molecule has 1 atom stereocenters. The van der Waals surface area contributed by atoms with Crippen LogP contribution in [0.1, 0.15) is 46.0 Å². The van der Waals surface area contributed by atoms with Crippen LogP contribution in [-0.2, 0) is 24.2 Å². The highest BCUT2D eigenvalue weighted by Crippen LogP contribution is 2.37. The van der Waals surface area contributed by atoms with E-state index >= 15 is 0 Å². The van der Waals surface area contributed by atoms with Gasteiger partial charge in [-0.05, 0) is 72.2 Å². The lowest BCUT2D eigenvalue weighted by atomic mass is 10.0. The van der Waals surface area contributed by atoms with Gasteiger partial charge < -0.3 is 9.97 Å². The largest absolute Gasteiger partial charge is 0.363 e. The zero-order valence-corrected chi connectivity index (χ0v) is 20.4. The molecule has 0 aliphatic heterocycles. The Bertz CT molecular complexity index is 1390. The van der Waals surface area contributed by atoms with E-state index in [4.69, 9.17) is 16.8 Å². The van der Waals surface area contributed by atoms with Gasteiger partial charge in [0.25, 0.3) is 5.91 Å². The van der Waals surface area contributed by atoms with E-state index in [1.165, 1.54) is 39.2 Å². The summed E-state index contributed by atoms with van der Waals surface area (Å²) in [5, 5.41) is 10.7. The molecule has 2 aromatic heterocycles. The predicted molar refractivity (Wildman–Crippen MR) is 139 cm³/mol. The lowest BCUT2D eigenvalue weighted by Crippen LogP contribution is -2.29. The number of aryl methyl sites for hydroxylation is 2. The van der Waals surface area contributed by atoms with Gasteiger partial charge in [0, 0.05) is 54.2 Å². The molecule has 180 valence electrons. The highest BCUT2D eigenvalue weighted by atomic mass is 35.5. The standard InChI is InChI=1S/C28H29ClN4O2/c1-18-2-6-24-21(15-31-26(24)12-18)10-11-33(17-23-14-22(29)16-30-23)27-8-5-20-13-19(3-7-25(20)27)4-9-28(34)32-35/h2-4,6-7,9,12-16,27,30-31,35H,5,8,10-11,17H2,1H3,(H,32,34). The van der Waals surface area contributed by atoms with E-state index in [2.05, 4.69) is 58.3 Å². The van der Waals surface area contributed by atoms with Crippen molar-refractivity contribution in [2.45, 2.75) is 38.8 Å². The maximum atomic E-state index is 11.3. The molecule has 7 heteroatoms. The molecule has 0 fully saturated rings. The molecule has 1 amide bonds. The summed E-state index contributed by atoms with van der Waals surface area (Å²) < 4.78 is 0. The number of carbonyl (C=O) groups is 1. The van der Waals surface area contributed by atoms with Gasteiger partial charge in [-0.15, -0.1) is 0 Å². The lowest BCUT2D eigenvalue weighted by Gasteiger charge is -2.29. The quantitative estimate of drug-likeness (QED) is 0.146. The summed E-state index contributed by atoms with van der Waals surface area (Å²) in [4.78, 5) is 20.6. The molecule has 1 aliphatic rings. The lowest BCUT2D eigenvalue weighted by molar-refractivity contribution is -0.124. The average Bonchev–Trinajstić information content (AvgIpc) is 3.58. The number of hydrogen-bond acceptors (Lipinski definition) is 3. The van der Waals surface area contributed by atoms with Gasteiger partial charge in [-0.3, -0.25) is 14.9 Å². The molecule has 1 aliphatic carbocycles. The van der Waals surface area contributed by atoms with Gasteiger partial charge in [-0.25, -0.2) is 5.48 Å². The van der Waals surface area contributed by atoms with Crippen molar-refractivity contribution in [2.24, 2.45) is 0 Å². The van der Waals surface area contributed by atoms with Crippen LogP contribution in [0, 0.1) is 6.92 Å². The van der Waals surface area contributed by atoms with Crippen LogP contribution in [0.15, 0.2) is 60.9 Å². The third kappa shape index (κ3) is 5.20. The number of rotatable bonds is 8. The second-order valence-corrected chi connectivity index (χ2v) is 9.69. The summed E-state index contributed by atoms with van der Waals surface area (Å²) in [6.07, 6.45) is 10.00. The molecule has 5 rings (SSSR count). The van der Waals surface area contributed by atoms with Gasteiger partial charge in [0.05, 0.1) is 5.02 Å². The first-order valence-corrected chi connectivity index (χ1v) is 12.3. The minimum Gasteiger partial charge on any atom is -0.363 e. The van der Waals surface area contributed by atoms with Crippen LogP contribution in [0.5, 0.6) is 0 Å². The summed E-state index contributed by atoms with van der Waals surface area (Å²) in [7, 11) is 0. The molecule has 4 N–H and O–H groups in total. The molecule has 35 heavy (non-hydrogen) atoms. The van der Waals surface area contributed by atoms with Crippen LogP contribution in [0.4, 0.5) is 0 Å². The van der Waals surface area contributed by atoms with E-state index in [1.54, 1.807) is 11.6 Å². The Labute approximate surface area is 209 Å². The Morgan fingerprint density at radius 2 is 2.09 bits per heavy atom. The molecule has 6 nitrogen and oxygen atoms in total. The van der Waals surface area contributed by atoms with E-state index in [0.717, 1.165) is 48.6 Å². The maximum absolute atomic E-state index is 11.3. The van der Waals surface area contributed by atoms with Gasteiger partial charge >= 0.3 is 0 Å². The van der Waals surface area contributed by atoms with Gasteiger partial charge in [0.2, 0.25) is 0 Å². The number of benzene rings is 2. The van der Waals surface area contributed by atoms with Crippen molar-refractivity contribution in [3.63, 3.8) is 0 Å². The Morgan fingerprint density at radius 1 is 1.20 bits per heavy atom. The molecular formula is C28H29ClN4O2. The molecule has 1 unspecified atom stereocenters. The van der Waals surface area contributed by atoms with Gasteiger partial charge in [0.15, 0.2) is 0 Å². The second-order valence-electron chi connectivity index (χ2n) is 9.25. The summed E-state index contributed by atoms with van der Waals surface area (Å²) >= 11 is 6.20.